The van der Waals surface area contributed by atoms with Crippen molar-refractivity contribution in [2.45, 2.75) is 20.3 Å². The molecule has 2 N–H and O–H groups in total. The Morgan fingerprint density at radius 1 is 1.32 bits per heavy atom. The first-order chi connectivity index (χ1) is 10.2. The number of carbonyl (C=O) groups is 2. The SMILES string of the molecule is CCCS(=O)(=O)CC(=O)Nc1ccc(OCC(=O)O)cc1C. The van der Waals surface area contributed by atoms with E-state index in [-0.39, 0.29) is 5.75 Å². The summed E-state index contributed by atoms with van der Waals surface area (Å²) in [7, 11) is -3.39. The minimum absolute atomic E-state index is 0.0264. The molecule has 0 aromatic heterocycles. The van der Waals surface area contributed by atoms with Crippen LogP contribution in [0.5, 0.6) is 5.75 Å². The van der Waals surface area contributed by atoms with Gasteiger partial charge in [0.1, 0.15) is 11.5 Å². The predicted octanol–water partition coefficient (Wildman–Crippen LogP) is 1.22. The van der Waals surface area contributed by atoms with Crippen LogP contribution in [0, 0.1) is 6.92 Å². The zero-order chi connectivity index (χ0) is 16.8. The number of hydrogen-bond acceptors (Lipinski definition) is 5. The zero-order valence-electron chi connectivity index (χ0n) is 12.5. The van der Waals surface area contributed by atoms with Gasteiger partial charge in [0, 0.05) is 5.69 Å². The Kier molecular flexibility index (Phi) is 6.36. The fraction of sp³-hybridized carbons (Fsp3) is 0.429. The van der Waals surface area contributed by atoms with Crippen LogP contribution in [-0.4, -0.2) is 43.5 Å². The van der Waals surface area contributed by atoms with Gasteiger partial charge in [-0.15, -0.1) is 0 Å². The standard InChI is InChI=1S/C14H19NO6S/c1-3-6-22(19,20)9-13(16)15-12-5-4-11(7-10(12)2)21-8-14(17)18/h4-5,7H,3,6,8-9H2,1-2H3,(H,15,16)(H,17,18). The smallest absolute Gasteiger partial charge is 0.341 e. The van der Waals surface area contributed by atoms with E-state index in [0.717, 1.165) is 0 Å². The number of benzene rings is 1. The number of nitrogens with one attached hydrogen (secondary N) is 1. The number of carboxylic acid groups (broad SMARTS) is 1. The number of anilines is 1. The molecule has 0 aliphatic heterocycles. The summed E-state index contributed by atoms with van der Waals surface area (Å²) in [5.41, 5.74) is 1.10. The molecule has 1 amide bonds. The van der Waals surface area contributed by atoms with Crippen LogP contribution in [0.25, 0.3) is 0 Å². The number of ether oxygens (including phenoxy) is 1. The number of hydrogen-bond donors (Lipinski definition) is 2. The molecule has 1 aromatic carbocycles. The van der Waals surface area contributed by atoms with Crippen molar-refractivity contribution in [1.29, 1.82) is 0 Å². The topological polar surface area (TPSA) is 110 Å². The van der Waals surface area contributed by atoms with Gasteiger partial charge in [0.05, 0.1) is 5.75 Å². The molecule has 1 aromatic rings. The van der Waals surface area contributed by atoms with E-state index in [2.05, 4.69) is 5.32 Å². The third kappa shape index (κ3) is 6.13. The van der Waals surface area contributed by atoms with Crippen LogP contribution >= 0.6 is 0 Å². The Labute approximate surface area is 129 Å². The van der Waals surface area contributed by atoms with Gasteiger partial charge in [-0.3, -0.25) is 4.79 Å². The van der Waals surface area contributed by atoms with Crippen molar-refractivity contribution in [3.63, 3.8) is 0 Å². The molecular formula is C14H19NO6S. The summed E-state index contributed by atoms with van der Waals surface area (Å²) in [6, 6.07) is 4.61. The molecule has 0 saturated heterocycles. The Bertz CT molecular complexity index is 653. The highest BCUT2D eigenvalue weighted by molar-refractivity contribution is 7.92. The molecule has 0 unspecified atom stereocenters. The van der Waals surface area contributed by atoms with Gasteiger partial charge in [0.2, 0.25) is 5.91 Å². The van der Waals surface area contributed by atoms with Gasteiger partial charge >= 0.3 is 5.97 Å². The molecule has 1 rings (SSSR count). The van der Waals surface area contributed by atoms with E-state index < -0.39 is 34.1 Å². The number of amides is 1. The molecule has 0 bridgehead atoms. The van der Waals surface area contributed by atoms with Crippen molar-refractivity contribution in [1.82, 2.24) is 0 Å². The maximum Gasteiger partial charge on any atom is 0.341 e. The lowest BCUT2D eigenvalue weighted by Crippen LogP contribution is -2.24. The highest BCUT2D eigenvalue weighted by atomic mass is 32.2. The fourth-order valence-electron chi connectivity index (χ4n) is 1.78. The molecule has 0 radical (unpaired) electrons. The highest BCUT2D eigenvalue weighted by Crippen LogP contribution is 2.21. The number of sulfone groups is 1. The maximum absolute atomic E-state index is 11.8. The van der Waals surface area contributed by atoms with Gasteiger partial charge in [-0.2, -0.15) is 0 Å². The summed E-state index contributed by atoms with van der Waals surface area (Å²) in [5.74, 6) is -1.91. The molecular weight excluding hydrogens is 310 g/mol. The zero-order valence-corrected chi connectivity index (χ0v) is 13.3. The average Bonchev–Trinajstić information content (AvgIpc) is 2.38. The lowest BCUT2D eigenvalue weighted by Gasteiger charge is -2.10. The molecule has 0 atom stereocenters. The average molecular weight is 329 g/mol. The van der Waals surface area contributed by atoms with Gasteiger partial charge < -0.3 is 15.2 Å². The predicted molar refractivity (Wildman–Crippen MR) is 81.9 cm³/mol. The van der Waals surface area contributed by atoms with Gasteiger partial charge in [-0.25, -0.2) is 13.2 Å². The van der Waals surface area contributed by atoms with Crippen molar-refractivity contribution in [3.05, 3.63) is 23.8 Å². The molecule has 122 valence electrons. The number of carboxylic acids is 1. The highest BCUT2D eigenvalue weighted by Gasteiger charge is 2.16. The van der Waals surface area contributed by atoms with Crippen LogP contribution in [-0.2, 0) is 19.4 Å². The molecule has 0 spiro atoms. The second-order valence-electron chi connectivity index (χ2n) is 4.80. The van der Waals surface area contributed by atoms with Crippen LogP contribution in [0.1, 0.15) is 18.9 Å². The molecule has 0 aliphatic carbocycles. The van der Waals surface area contributed by atoms with Crippen LogP contribution in [0.15, 0.2) is 18.2 Å². The lowest BCUT2D eigenvalue weighted by molar-refractivity contribution is -0.139. The third-order valence-corrected chi connectivity index (χ3v) is 4.43. The summed E-state index contributed by atoms with van der Waals surface area (Å²) in [4.78, 5) is 22.2. The van der Waals surface area contributed by atoms with Crippen molar-refractivity contribution in [2.24, 2.45) is 0 Å². The first-order valence-electron chi connectivity index (χ1n) is 6.69. The molecule has 0 heterocycles. The number of aliphatic carboxylic acids is 1. The Hall–Kier alpha value is -2.09. The van der Waals surface area contributed by atoms with Crippen molar-refractivity contribution < 1.29 is 27.9 Å². The number of rotatable bonds is 8. The quantitative estimate of drug-likeness (QED) is 0.742. The van der Waals surface area contributed by atoms with E-state index >= 15 is 0 Å². The second kappa shape index (κ2) is 7.79. The summed E-state index contributed by atoms with van der Waals surface area (Å²) in [6.07, 6.45) is 0.463. The van der Waals surface area contributed by atoms with Crippen LogP contribution in [0.4, 0.5) is 5.69 Å². The van der Waals surface area contributed by atoms with E-state index in [1.54, 1.807) is 19.9 Å². The van der Waals surface area contributed by atoms with Crippen LogP contribution in [0.2, 0.25) is 0 Å². The monoisotopic (exact) mass is 329 g/mol. The number of carbonyl (C=O) groups excluding carboxylic acids is 1. The minimum atomic E-state index is -3.39. The fourth-order valence-corrected chi connectivity index (χ4v) is 3.02. The summed E-state index contributed by atoms with van der Waals surface area (Å²) < 4.78 is 28.2. The Balaban J connectivity index is 2.70. The second-order valence-corrected chi connectivity index (χ2v) is 6.98. The van der Waals surface area contributed by atoms with Gasteiger partial charge in [0.25, 0.3) is 0 Å². The van der Waals surface area contributed by atoms with E-state index in [4.69, 9.17) is 9.84 Å². The summed E-state index contributed by atoms with van der Waals surface area (Å²) in [6.45, 7) is 2.97. The largest absolute Gasteiger partial charge is 0.482 e. The Morgan fingerprint density at radius 3 is 2.55 bits per heavy atom. The normalized spacial score (nSPS) is 11.0. The third-order valence-electron chi connectivity index (χ3n) is 2.70. The van der Waals surface area contributed by atoms with Crippen molar-refractivity contribution in [3.8, 4) is 5.75 Å². The van der Waals surface area contributed by atoms with E-state index in [9.17, 15) is 18.0 Å². The van der Waals surface area contributed by atoms with E-state index in [0.29, 0.717) is 23.4 Å². The van der Waals surface area contributed by atoms with Gasteiger partial charge in [-0.1, -0.05) is 6.92 Å². The van der Waals surface area contributed by atoms with E-state index in [1.807, 2.05) is 0 Å². The summed E-state index contributed by atoms with van der Waals surface area (Å²) in [5, 5.41) is 11.1. The summed E-state index contributed by atoms with van der Waals surface area (Å²) >= 11 is 0. The first-order valence-corrected chi connectivity index (χ1v) is 8.51. The molecule has 0 fully saturated rings. The molecule has 0 aliphatic rings. The van der Waals surface area contributed by atoms with Crippen LogP contribution in [0.3, 0.4) is 0 Å². The van der Waals surface area contributed by atoms with Gasteiger partial charge in [-0.05, 0) is 37.1 Å². The van der Waals surface area contributed by atoms with Crippen molar-refractivity contribution in [2.75, 3.05) is 23.4 Å². The molecule has 22 heavy (non-hydrogen) atoms. The maximum atomic E-state index is 11.8. The lowest BCUT2D eigenvalue weighted by atomic mass is 10.2. The molecule has 7 nitrogen and oxygen atoms in total. The van der Waals surface area contributed by atoms with Crippen molar-refractivity contribution >= 4 is 27.4 Å². The minimum Gasteiger partial charge on any atom is -0.482 e. The number of aryl methyl sites for hydroxylation is 1. The Morgan fingerprint density at radius 2 is 2.00 bits per heavy atom. The first kappa shape index (κ1) is 18.0. The van der Waals surface area contributed by atoms with Crippen LogP contribution < -0.4 is 10.1 Å². The van der Waals surface area contributed by atoms with Gasteiger partial charge in [0.15, 0.2) is 16.4 Å². The molecule has 0 saturated carbocycles. The molecule has 8 heteroatoms. The van der Waals surface area contributed by atoms with E-state index in [1.165, 1.54) is 12.1 Å².